The van der Waals surface area contributed by atoms with E-state index in [1.165, 1.54) is 6.07 Å². The van der Waals surface area contributed by atoms with Crippen molar-refractivity contribution in [1.29, 1.82) is 0 Å². The van der Waals surface area contributed by atoms with E-state index in [9.17, 15) is 13.2 Å². The highest BCUT2D eigenvalue weighted by Gasteiger charge is 2.29. The van der Waals surface area contributed by atoms with Gasteiger partial charge in [0.15, 0.2) is 0 Å². The molecule has 21 heavy (non-hydrogen) atoms. The van der Waals surface area contributed by atoms with Crippen molar-refractivity contribution in [2.24, 2.45) is 5.14 Å². The number of likely N-dealkylation sites (tertiary alicyclic amines) is 1. The van der Waals surface area contributed by atoms with Crippen molar-refractivity contribution in [2.75, 3.05) is 6.54 Å². The number of amides is 1. The zero-order chi connectivity index (χ0) is 15.8. The molecule has 1 aromatic carbocycles. The second-order valence-corrected chi connectivity index (χ2v) is 7.26. The molecule has 2 N–H and O–H groups in total. The first-order chi connectivity index (χ1) is 9.75. The average molecular weight is 331 g/mol. The number of hydrogen-bond acceptors (Lipinski definition) is 3. The van der Waals surface area contributed by atoms with E-state index in [4.69, 9.17) is 16.7 Å². The lowest BCUT2D eigenvalue weighted by molar-refractivity contribution is 0.0733. The number of rotatable bonds is 3. The third-order valence-corrected chi connectivity index (χ3v) is 5.43. The Kier molecular flexibility index (Phi) is 4.60. The Labute approximate surface area is 130 Å². The van der Waals surface area contributed by atoms with Gasteiger partial charge in [0.1, 0.15) is 4.90 Å². The number of carbonyl (C=O) groups excluding carboxylic acids is 1. The van der Waals surface area contributed by atoms with Gasteiger partial charge in [0.2, 0.25) is 10.0 Å². The van der Waals surface area contributed by atoms with E-state index >= 15 is 0 Å². The van der Waals surface area contributed by atoms with E-state index in [1.54, 1.807) is 17.9 Å². The summed E-state index contributed by atoms with van der Waals surface area (Å²) in [7, 11) is -3.96. The van der Waals surface area contributed by atoms with Gasteiger partial charge < -0.3 is 4.90 Å². The van der Waals surface area contributed by atoms with Gasteiger partial charge in [-0.3, -0.25) is 4.79 Å². The molecule has 1 heterocycles. The minimum Gasteiger partial charge on any atom is -0.336 e. The number of carbonyl (C=O) groups is 1. The first-order valence-electron chi connectivity index (χ1n) is 6.89. The molecular formula is C14H19ClN2O3S. The van der Waals surface area contributed by atoms with Crippen LogP contribution in [0.3, 0.4) is 0 Å². The molecule has 0 radical (unpaired) electrons. The van der Waals surface area contributed by atoms with Crippen LogP contribution in [0.5, 0.6) is 0 Å². The summed E-state index contributed by atoms with van der Waals surface area (Å²) in [6.07, 6.45) is 2.84. The van der Waals surface area contributed by atoms with Gasteiger partial charge in [-0.2, -0.15) is 0 Å². The number of benzene rings is 1. The number of aryl methyl sites for hydroxylation is 1. The minimum atomic E-state index is -3.96. The Balaban J connectivity index is 2.45. The van der Waals surface area contributed by atoms with Crippen LogP contribution in [0, 0.1) is 6.92 Å². The predicted octanol–water partition coefficient (Wildman–Crippen LogP) is 2.31. The summed E-state index contributed by atoms with van der Waals surface area (Å²) in [4.78, 5) is 14.2. The van der Waals surface area contributed by atoms with Gasteiger partial charge in [-0.25, -0.2) is 13.6 Å². The fourth-order valence-electron chi connectivity index (χ4n) is 2.76. The highest BCUT2D eigenvalue weighted by atomic mass is 35.5. The molecule has 0 spiro atoms. The summed E-state index contributed by atoms with van der Waals surface area (Å²) in [5, 5.41) is 5.24. The van der Waals surface area contributed by atoms with Crippen molar-refractivity contribution in [3.05, 3.63) is 28.3 Å². The maximum atomic E-state index is 12.6. The molecule has 7 heteroatoms. The summed E-state index contributed by atoms with van der Waals surface area (Å²) in [5.41, 5.74) is 0.847. The maximum Gasteiger partial charge on any atom is 0.254 e. The van der Waals surface area contributed by atoms with Crippen molar-refractivity contribution in [3.63, 3.8) is 0 Å². The van der Waals surface area contributed by atoms with Crippen LogP contribution in [0.4, 0.5) is 0 Å². The van der Waals surface area contributed by atoms with Crippen molar-refractivity contribution < 1.29 is 13.2 Å². The summed E-state index contributed by atoms with van der Waals surface area (Å²) in [6, 6.07) is 3.11. The van der Waals surface area contributed by atoms with Crippen LogP contribution in [0.25, 0.3) is 0 Å². The molecule has 5 nitrogen and oxygen atoms in total. The topological polar surface area (TPSA) is 80.5 Å². The lowest BCUT2D eigenvalue weighted by Crippen LogP contribution is -2.35. The van der Waals surface area contributed by atoms with Gasteiger partial charge in [0.25, 0.3) is 5.91 Å². The second-order valence-electron chi connectivity index (χ2n) is 5.35. The molecular weight excluding hydrogens is 312 g/mol. The molecule has 1 saturated heterocycles. The molecule has 0 saturated carbocycles. The Morgan fingerprint density at radius 3 is 2.71 bits per heavy atom. The van der Waals surface area contributed by atoms with Crippen molar-refractivity contribution in [1.82, 2.24) is 4.90 Å². The predicted molar refractivity (Wildman–Crippen MR) is 81.9 cm³/mol. The molecule has 1 fully saturated rings. The van der Waals surface area contributed by atoms with E-state index in [0.717, 1.165) is 19.3 Å². The third kappa shape index (κ3) is 3.22. The summed E-state index contributed by atoms with van der Waals surface area (Å²) in [6.45, 7) is 4.40. The lowest BCUT2D eigenvalue weighted by atomic mass is 10.1. The van der Waals surface area contributed by atoms with Crippen LogP contribution in [0.15, 0.2) is 17.0 Å². The molecule has 0 aromatic heterocycles. The SMILES string of the molecule is CCC1CCCN1C(=O)c1cc(C)c(Cl)c(S(N)(=O)=O)c1. The molecule has 1 aromatic rings. The van der Waals surface area contributed by atoms with Gasteiger partial charge >= 0.3 is 0 Å². The molecule has 1 aliphatic heterocycles. The minimum absolute atomic E-state index is 0.0718. The highest BCUT2D eigenvalue weighted by molar-refractivity contribution is 7.89. The molecule has 1 amide bonds. The Morgan fingerprint density at radius 2 is 2.14 bits per heavy atom. The Bertz CT molecular complexity index is 673. The first-order valence-corrected chi connectivity index (χ1v) is 8.82. The van der Waals surface area contributed by atoms with Gasteiger partial charge in [-0.1, -0.05) is 18.5 Å². The molecule has 2 rings (SSSR count). The van der Waals surface area contributed by atoms with Crippen molar-refractivity contribution in [3.8, 4) is 0 Å². The molecule has 1 atom stereocenters. The van der Waals surface area contributed by atoms with Gasteiger partial charge in [0, 0.05) is 18.2 Å². The largest absolute Gasteiger partial charge is 0.336 e. The Morgan fingerprint density at radius 1 is 1.48 bits per heavy atom. The molecule has 116 valence electrons. The van der Waals surface area contributed by atoms with Crippen LogP contribution >= 0.6 is 11.6 Å². The van der Waals surface area contributed by atoms with Gasteiger partial charge in [-0.15, -0.1) is 0 Å². The van der Waals surface area contributed by atoms with Gasteiger partial charge in [-0.05, 0) is 43.9 Å². The fraction of sp³-hybridized carbons (Fsp3) is 0.500. The maximum absolute atomic E-state index is 12.6. The number of primary sulfonamides is 1. The van der Waals surface area contributed by atoms with Crippen LogP contribution < -0.4 is 5.14 Å². The van der Waals surface area contributed by atoms with E-state index in [1.807, 2.05) is 6.92 Å². The number of sulfonamides is 1. The van der Waals surface area contributed by atoms with Crippen LogP contribution in [0.1, 0.15) is 42.1 Å². The Hall–Kier alpha value is -1.11. The third-order valence-electron chi connectivity index (χ3n) is 3.88. The fourth-order valence-corrected chi connectivity index (χ4v) is 3.89. The molecule has 0 aliphatic carbocycles. The lowest BCUT2D eigenvalue weighted by Gasteiger charge is -2.24. The molecule has 1 unspecified atom stereocenters. The number of halogens is 1. The number of nitrogens with zero attached hydrogens (tertiary/aromatic N) is 1. The van der Waals surface area contributed by atoms with Crippen molar-refractivity contribution in [2.45, 2.75) is 44.0 Å². The quantitative estimate of drug-likeness (QED) is 0.923. The number of hydrogen-bond donors (Lipinski definition) is 1. The monoisotopic (exact) mass is 330 g/mol. The summed E-state index contributed by atoms with van der Waals surface area (Å²) in [5.74, 6) is -0.163. The van der Waals surface area contributed by atoms with Crippen LogP contribution in [0.2, 0.25) is 5.02 Å². The highest BCUT2D eigenvalue weighted by Crippen LogP contribution is 2.28. The molecule has 0 bridgehead atoms. The number of nitrogens with two attached hydrogens (primary N) is 1. The first kappa shape index (κ1) is 16.3. The zero-order valence-corrected chi connectivity index (χ0v) is 13.7. The van der Waals surface area contributed by atoms with Crippen molar-refractivity contribution >= 4 is 27.5 Å². The summed E-state index contributed by atoms with van der Waals surface area (Å²) >= 11 is 5.99. The smallest absolute Gasteiger partial charge is 0.254 e. The van der Waals surface area contributed by atoms with Gasteiger partial charge in [0.05, 0.1) is 5.02 Å². The van der Waals surface area contributed by atoms with Crippen LogP contribution in [-0.4, -0.2) is 31.8 Å². The van der Waals surface area contributed by atoms with E-state index in [-0.39, 0.29) is 21.9 Å². The molecule has 1 aliphatic rings. The average Bonchev–Trinajstić information content (AvgIpc) is 2.87. The van der Waals surface area contributed by atoms with E-state index in [0.29, 0.717) is 17.7 Å². The standard InChI is InChI=1S/C14H19ClN2O3S/c1-3-11-5-4-6-17(11)14(18)10-7-9(2)13(15)12(8-10)21(16,19)20/h7-8,11H,3-6H2,1-2H3,(H2,16,19,20). The van der Waals surface area contributed by atoms with E-state index < -0.39 is 10.0 Å². The second kappa shape index (κ2) is 5.94. The zero-order valence-electron chi connectivity index (χ0n) is 12.1. The van der Waals surface area contributed by atoms with Crippen LogP contribution in [-0.2, 0) is 10.0 Å². The normalized spacial score (nSPS) is 19.0. The summed E-state index contributed by atoms with van der Waals surface area (Å²) < 4.78 is 23.2. The van der Waals surface area contributed by atoms with E-state index in [2.05, 4.69) is 0 Å².